The molecule has 130 valence electrons. The summed E-state index contributed by atoms with van der Waals surface area (Å²) < 4.78 is 0. The third kappa shape index (κ3) is 6.22. The highest BCUT2D eigenvalue weighted by Gasteiger charge is 2.04. The number of nitrogens with zero attached hydrogens (tertiary/aromatic N) is 1. The molecule has 1 aromatic heterocycles. The Hall–Kier alpha value is -2.35. The van der Waals surface area contributed by atoms with Gasteiger partial charge in [-0.25, -0.2) is 0 Å². The number of benzene rings is 1. The molecule has 2 rings (SSSR count). The van der Waals surface area contributed by atoms with Crippen molar-refractivity contribution in [1.82, 2.24) is 4.90 Å². The second-order valence-electron chi connectivity index (χ2n) is 6.25. The van der Waals surface area contributed by atoms with Gasteiger partial charge in [-0.3, -0.25) is 9.69 Å². The Morgan fingerprint density at radius 3 is 2.56 bits per heavy atom. The highest BCUT2D eigenvalue weighted by Crippen LogP contribution is 2.18. The lowest BCUT2D eigenvalue weighted by molar-refractivity contribution is -0.137. The van der Waals surface area contributed by atoms with E-state index in [2.05, 4.69) is 43.2 Å². The van der Waals surface area contributed by atoms with Crippen molar-refractivity contribution in [3.63, 3.8) is 0 Å². The molecule has 0 unspecified atom stereocenters. The average Bonchev–Trinajstić information content (AvgIpc) is 3.09. The summed E-state index contributed by atoms with van der Waals surface area (Å²) >= 11 is 1.62. The molecule has 0 saturated carbocycles. The van der Waals surface area contributed by atoms with Gasteiger partial charge >= 0.3 is 5.97 Å². The van der Waals surface area contributed by atoms with Crippen molar-refractivity contribution in [2.45, 2.75) is 19.8 Å². The van der Waals surface area contributed by atoms with Crippen molar-refractivity contribution in [2.24, 2.45) is 0 Å². The van der Waals surface area contributed by atoms with Gasteiger partial charge < -0.3 is 5.11 Å². The Labute approximate surface area is 153 Å². The Morgan fingerprint density at radius 2 is 2.00 bits per heavy atom. The summed E-state index contributed by atoms with van der Waals surface area (Å²) in [5, 5.41) is 12.9. The molecule has 0 amide bonds. The number of carboxylic acids is 1. The number of likely N-dealkylation sites (N-methyl/N-ethyl adjacent to an activating group) is 1. The Balaban J connectivity index is 2.19. The van der Waals surface area contributed by atoms with E-state index in [0.717, 1.165) is 16.7 Å². The number of allylic oxidation sites excluding steroid dienone is 1. The summed E-state index contributed by atoms with van der Waals surface area (Å²) in [6, 6.07) is 10.4. The molecular formula is C21H23NO2S. The molecule has 0 aliphatic heterocycles. The van der Waals surface area contributed by atoms with Crippen LogP contribution in [0.15, 0.2) is 47.2 Å². The van der Waals surface area contributed by atoms with E-state index in [9.17, 15) is 4.79 Å². The van der Waals surface area contributed by atoms with Gasteiger partial charge in [0.1, 0.15) is 0 Å². The van der Waals surface area contributed by atoms with Gasteiger partial charge in [0, 0.05) is 23.2 Å². The average molecular weight is 353 g/mol. The first-order valence-corrected chi connectivity index (χ1v) is 9.15. The van der Waals surface area contributed by atoms with Gasteiger partial charge in [-0.15, -0.1) is 0 Å². The Bertz CT molecular complexity index is 778. The number of hydrogen-bond donors (Lipinski definition) is 1. The van der Waals surface area contributed by atoms with Gasteiger partial charge in [0.25, 0.3) is 0 Å². The maximum Gasteiger partial charge on any atom is 0.317 e. The number of hydrogen-bond acceptors (Lipinski definition) is 3. The summed E-state index contributed by atoms with van der Waals surface area (Å²) in [6.45, 7) is 4.90. The minimum Gasteiger partial charge on any atom is -0.480 e. The number of carboxylic acid groups (broad SMARTS) is 1. The van der Waals surface area contributed by atoms with E-state index >= 15 is 0 Å². The molecule has 3 nitrogen and oxygen atoms in total. The predicted octanol–water partition coefficient (Wildman–Crippen LogP) is 4.32. The molecule has 0 aliphatic carbocycles. The first kappa shape index (κ1) is 19.0. The molecule has 2 aromatic rings. The van der Waals surface area contributed by atoms with Crippen molar-refractivity contribution < 1.29 is 9.90 Å². The molecule has 0 spiro atoms. The highest BCUT2D eigenvalue weighted by atomic mass is 32.1. The minimum absolute atomic E-state index is 0.0114. The standard InChI is InChI=1S/C21H23NO2S/c1-16(2)18-7-4-17(5-8-18)6-9-19(20-11-13-25-15-20)10-12-22(3)14-21(23)24/h4-5,7-8,10-11,13,15-16H,12,14H2,1-3H3,(H,23,24)/b19-10-. The normalized spacial score (nSPS) is 11.5. The largest absolute Gasteiger partial charge is 0.480 e. The van der Waals surface area contributed by atoms with Crippen LogP contribution >= 0.6 is 11.3 Å². The van der Waals surface area contributed by atoms with E-state index in [1.54, 1.807) is 23.3 Å². The van der Waals surface area contributed by atoms with Crippen LogP contribution in [-0.4, -0.2) is 36.1 Å². The first-order valence-electron chi connectivity index (χ1n) is 8.20. The molecule has 25 heavy (non-hydrogen) atoms. The smallest absolute Gasteiger partial charge is 0.317 e. The Morgan fingerprint density at radius 1 is 1.28 bits per heavy atom. The van der Waals surface area contributed by atoms with Gasteiger partial charge in [0.2, 0.25) is 0 Å². The number of thiophene rings is 1. The molecule has 0 aliphatic rings. The molecule has 1 N–H and O–H groups in total. The van der Waals surface area contributed by atoms with E-state index in [4.69, 9.17) is 5.11 Å². The third-order valence-electron chi connectivity index (χ3n) is 3.76. The lowest BCUT2D eigenvalue weighted by Gasteiger charge is -2.11. The quantitative estimate of drug-likeness (QED) is 0.786. The van der Waals surface area contributed by atoms with Crippen LogP contribution in [0.4, 0.5) is 0 Å². The van der Waals surface area contributed by atoms with Crippen LogP contribution in [0.5, 0.6) is 0 Å². The molecule has 0 fully saturated rings. The molecule has 0 bridgehead atoms. The fraction of sp³-hybridized carbons (Fsp3) is 0.286. The summed E-state index contributed by atoms with van der Waals surface area (Å²) in [6.07, 6.45) is 1.99. The van der Waals surface area contributed by atoms with E-state index in [0.29, 0.717) is 12.5 Å². The number of carbonyl (C=O) groups is 1. The van der Waals surface area contributed by atoms with E-state index in [-0.39, 0.29) is 6.54 Å². The monoisotopic (exact) mass is 353 g/mol. The fourth-order valence-corrected chi connectivity index (χ4v) is 2.95. The van der Waals surface area contributed by atoms with Gasteiger partial charge in [-0.1, -0.05) is 43.9 Å². The number of rotatable bonds is 6. The van der Waals surface area contributed by atoms with Gasteiger partial charge in [-0.2, -0.15) is 11.3 Å². The van der Waals surface area contributed by atoms with E-state index in [1.807, 2.05) is 29.7 Å². The molecule has 4 heteroatoms. The Kier molecular flexibility index (Phi) is 7.00. The van der Waals surface area contributed by atoms with E-state index < -0.39 is 5.97 Å². The maximum absolute atomic E-state index is 10.8. The molecular weight excluding hydrogens is 330 g/mol. The summed E-state index contributed by atoms with van der Waals surface area (Å²) in [5.41, 5.74) is 4.27. The summed E-state index contributed by atoms with van der Waals surface area (Å²) in [4.78, 5) is 12.5. The molecule has 1 heterocycles. The van der Waals surface area contributed by atoms with Crippen LogP contribution in [0.25, 0.3) is 5.57 Å². The maximum atomic E-state index is 10.8. The zero-order valence-electron chi connectivity index (χ0n) is 14.8. The molecule has 0 atom stereocenters. The SMILES string of the molecule is CC(C)c1ccc(C#C/C(=C/CN(C)CC(=O)O)c2ccsc2)cc1. The zero-order valence-corrected chi connectivity index (χ0v) is 15.6. The zero-order chi connectivity index (χ0) is 18.2. The van der Waals surface area contributed by atoms with Gasteiger partial charge in [0.15, 0.2) is 0 Å². The van der Waals surface area contributed by atoms with Crippen molar-refractivity contribution in [1.29, 1.82) is 0 Å². The lowest BCUT2D eigenvalue weighted by Crippen LogP contribution is -2.25. The third-order valence-corrected chi connectivity index (χ3v) is 4.45. The highest BCUT2D eigenvalue weighted by molar-refractivity contribution is 7.08. The van der Waals surface area contributed by atoms with Crippen LogP contribution in [0, 0.1) is 11.8 Å². The van der Waals surface area contributed by atoms with Gasteiger partial charge in [0.05, 0.1) is 6.54 Å². The molecule has 1 aromatic carbocycles. The summed E-state index contributed by atoms with van der Waals surface area (Å²) in [5.74, 6) is 6.13. The summed E-state index contributed by atoms with van der Waals surface area (Å²) in [7, 11) is 1.79. The van der Waals surface area contributed by atoms with Crippen LogP contribution in [0.2, 0.25) is 0 Å². The van der Waals surface area contributed by atoms with Crippen molar-refractivity contribution in [3.8, 4) is 11.8 Å². The topological polar surface area (TPSA) is 40.5 Å². The van der Waals surface area contributed by atoms with Gasteiger partial charge in [-0.05, 0) is 47.5 Å². The second-order valence-corrected chi connectivity index (χ2v) is 7.03. The van der Waals surface area contributed by atoms with Crippen LogP contribution in [-0.2, 0) is 4.79 Å². The van der Waals surface area contributed by atoms with Crippen molar-refractivity contribution in [3.05, 3.63) is 63.9 Å². The lowest BCUT2D eigenvalue weighted by atomic mass is 10.0. The first-order chi connectivity index (χ1) is 12.0. The number of aliphatic carboxylic acids is 1. The fourth-order valence-electron chi connectivity index (χ4n) is 2.29. The second kappa shape index (κ2) is 9.22. The molecule has 0 saturated heterocycles. The van der Waals surface area contributed by atoms with Crippen molar-refractivity contribution >= 4 is 22.9 Å². The van der Waals surface area contributed by atoms with E-state index in [1.165, 1.54) is 5.56 Å². The van der Waals surface area contributed by atoms with Crippen LogP contribution in [0.3, 0.4) is 0 Å². The molecule has 0 radical (unpaired) electrons. The van der Waals surface area contributed by atoms with Crippen LogP contribution in [0.1, 0.15) is 36.5 Å². The van der Waals surface area contributed by atoms with Crippen LogP contribution < -0.4 is 0 Å². The minimum atomic E-state index is -0.829. The van der Waals surface area contributed by atoms with Crippen molar-refractivity contribution in [2.75, 3.05) is 20.1 Å². The predicted molar refractivity (Wildman–Crippen MR) is 105 cm³/mol.